The summed E-state index contributed by atoms with van der Waals surface area (Å²) < 4.78 is 32.2. The molecule has 1 unspecified atom stereocenters. The number of aromatic hydroxyl groups is 1. The average molecular weight is 565 g/mol. The van der Waals surface area contributed by atoms with Gasteiger partial charge in [-0.05, 0) is 97.7 Å². The van der Waals surface area contributed by atoms with Gasteiger partial charge in [0.15, 0.2) is 23.1 Å². The summed E-state index contributed by atoms with van der Waals surface area (Å²) >= 11 is 0. The maximum Gasteiger partial charge on any atom is 0.165 e. The van der Waals surface area contributed by atoms with Crippen molar-refractivity contribution in [2.24, 2.45) is 5.92 Å². The molecule has 1 aliphatic carbocycles. The number of rotatable bonds is 13. The highest BCUT2D eigenvalue weighted by atomic mass is 19.1. The van der Waals surface area contributed by atoms with Crippen molar-refractivity contribution in [3.05, 3.63) is 76.6 Å². The quantitative estimate of drug-likeness (QED) is 0.246. The predicted molar refractivity (Wildman–Crippen MR) is 163 cm³/mol. The number of phenolic OH excluding ortho intramolecular Hbond substituents is 1. The Bertz CT molecular complexity index is 1310. The van der Waals surface area contributed by atoms with Gasteiger partial charge in [-0.1, -0.05) is 26.0 Å². The number of aryl methyl sites for hydroxylation is 1. The SMILES string of the molecule is CCN(Cc1ccc(OCCN(C)CC(C)C)c(F)c1)c1cc(OC)c(OC)cc1C1CCc2cc(O)ccc2C1. The molecule has 0 heterocycles. The molecule has 7 heteroatoms. The zero-order valence-electron chi connectivity index (χ0n) is 25.4. The van der Waals surface area contributed by atoms with E-state index >= 15 is 4.39 Å². The summed E-state index contributed by atoms with van der Waals surface area (Å²) in [6, 6.07) is 15.1. The van der Waals surface area contributed by atoms with E-state index in [9.17, 15) is 5.11 Å². The van der Waals surface area contributed by atoms with Gasteiger partial charge in [0.25, 0.3) is 0 Å². The lowest BCUT2D eigenvalue weighted by atomic mass is 9.79. The number of fused-ring (bicyclic) bond motifs is 1. The fraction of sp³-hybridized carbons (Fsp3) is 0.471. The third-order valence-corrected chi connectivity index (χ3v) is 7.89. The lowest BCUT2D eigenvalue weighted by Gasteiger charge is -2.32. The van der Waals surface area contributed by atoms with E-state index in [0.29, 0.717) is 36.3 Å². The van der Waals surface area contributed by atoms with Crippen LogP contribution in [-0.2, 0) is 19.4 Å². The van der Waals surface area contributed by atoms with Gasteiger partial charge in [-0.2, -0.15) is 0 Å². The molecule has 1 atom stereocenters. The van der Waals surface area contributed by atoms with Crippen molar-refractivity contribution in [3.63, 3.8) is 0 Å². The first kappa shape index (κ1) is 30.5. The molecule has 4 rings (SSSR count). The molecule has 0 amide bonds. The Morgan fingerprint density at radius 2 is 1.73 bits per heavy atom. The molecule has 0 spiro atoms. The van der Waals surface area contributed by atoms with Gasteiger partial charge in [0.1, 0.15) is 12.4 Å². The second-order valence-electron chi connectivity index (χ2n) is 11.4. The lowest BCUT2D eigenvalue weighted by molar-refractivity contribution is 0.217. The van der Waals surface area contributed by atoms with Crippen molar-refractivity contribution in [1.29, 1.82) is 0 Å². The van der Waals surface area contributed by atoms with E-state index in [1.807, 2.05) is 24.3 Å². The summed E-state index contributed by atoms with van der Waals surface area (Å²) in [6.45, 7) is 9.93. The van der Waals surface area contributed by atoms with Crippen LogP contribution < -0.4 is 19.1 Å². The standard InChI is InChI=1S/C34H45FN2O4/c1-7-37(22-24-8-13-32(30(35)16-24)41-15-14-36(4)21-23(2)3)31-20-34(40-6)33(39-5)19-29(31)27-10-9-26-18-28(38)12-11-25(26)17-27/h8,11-13,16,18-20,23,27,38H,7,9-10,14-15,17,21-22H2,1-6H3. The number of methoxy groups -OCH3 is 2. The van der Waals surface area contributed by atoms with Crippen molar-refractivity contribution in [2.45, 2.75) is 52.5 Å². The second kappa shape index (κ2) is 13.9. The second-order valence-corrected chi connectivity index (χ2v) is 11.4. The van der Waals surface area contributed by atoms with Crippen LogP contribution in [0.4, 0.5) is 10.1 Å². The Kier molecular flexibility index (Phi) is 10.4. The number of nitrogens with zero attached hydrogens (tertiary/aromatic N) is 2. The van der Waals surface area contributed by atoms with Crippen molar-refractivity contribution >= 4 is 5.69 Å². The van der Waals surface area contributed by atoms with E-state index in [1.165, 1.54) is 16.7 Å². The van der Waals surface area contributed by atoms with Gasteiger partial charge >= 0.3 is 0 Å². The minimum atomic E-state index is -0.343. The third-order valence-electron chi connectivity index (χ3n) is 7.89. The number of phenols is 1. The van der Waals surface area contributed by atoms with Crippen molar-refractivity contribution < 1.29 is 23.7 Å². The van der Waals surface area contributed by atoms with Gasteiger partial charge in [-0.3, -0.25) is 0 Å². The summed E-state index contributed by atoms with van der Waals surface area (Å²) in [5.74, 6) is 2.48. The molecule has 0 saturated heterocycles. The molecule has 222 valence electrons. The molecule has 1 N–H and O–H groups in total. The fourth-order valence-electron chi connectivity index (χ4n) is 5.87. The van der Waals surface area contributed by atoms with Gasteiger partial charge in [0.2, 0.25) is 0 Å². The number of benzene rings is 3. The number of anilines is 1. The van der Waals surface area contributed by atoms with E-state index in [4.69, 9.17) is 14.2 Å². The topological polar surface area (TPSA) is 54.4 Å². The summed E-state index contributed by atoms with van der Waals surface area (Å²) in [6.07, 6.45) is 2.74. The van der Waals surface area contributed by atoms with Crippen LogP contribution in [0.15, 0.2) is 48.5 Å². The van der Waals surface area contributed by atoms with E-state index < -0.39 is 0 Å². The molecule has 0 radical (unpaired) electrons. The largest absolute Gasteiger partial charge is 0.508 e. The first-order valence-corrected chi connectivity index (χ1v) is 14.6. The molecular weight excluding hydrogens is 519 g/mol. The number of ether oxygens (including phenoxy) is 3. The Balaban J connectivity index is 1.56. The molecule has 3 aromatic carbocycles. The highest BCUT2D eigenvalue weighted by Crippen LogP contribution is 2.43. The molecule has 6 nitrogen and oxygen atoms in total. The molecule has 3 aromatic rings. The van der Waals surface area contributed by atoms with E-state index in [2.05, 4.69) is 43.7 Å². The normalized spacial score (nSPS) is 14.7. The maximum absolute atomic E-state index is 15.1. The number of halogens is 1. The molecule has 0 fully saturated rings. The van der Waals surface area contributed by atoms with Crippen molar-refractivity contribution in [3.8, 4) is 23.0 Å². The summed E-state index contributed by atoms with van der Waals surface area (Å²) in [5.41, 5.74) is 5.59. The van der Waals surface area contributed by atoms with Gasteiger partial charge < -0.3 is 29.1 Å². The number of likely N-dealkylation sites (N-methyl/N-ethyl adjacent to an activating group) is 1. The zero-order valence-corrected chi connectivity index (χ0v) is 25.4. The van der Waals surface area contributed by atoms with Gasteiger partial charge in [-0.25, -0.2) is 4.39 Å². The summed E-state index contributed by atoms with van der Waals surface area (Å²) in [7, 11) is 5.36. The molecule has 0 aliphatic heterocycles. The molecule has 41 heavy (non-hydrogen) atoms. The zero-order chi connectivity index (χ0) is 29.5. The highest BCUT2D eigenvalue weighted by Gasteiger charge is 2.26. The van der Waals surface area contributed by atoms with E-state index in [-0.39, 0.29) is 17.5 Å². The Morgan fingerprint density at radius 1 is 0.976 bits per heavy atom. The summed E-state index contributed by atoms with van der Waals surface area (Å²) in [4.78, 5) is 4.46. The molecule has 0 aromatic heterocycles. The third kappa shape index (κ3) is 7.64. The Hall–Kier alpha value is -3.45. The monoisotopic (exact) mass is 564 g/mol. The van der Waals surface area contributed by atoms with Crippen molar-refractivity contribution in [1.82, 2.24) is 4.90 Å². The van der Waals surface area contributed by atoms with Gasteiger partial charge in [0.05, 0.1) is 14.2 Å². The van der Waals surface area contributed by atoms with Crippen LogP contribution in [0, 0.1) is 11.7 Å². The molecule has 1 aliphatic rings. The van der Waals surface area contributed by atoms with Gasteiger partial charge in [-0.15, -0.1) is 0 Å². The van der Waals surface area contributed by atoms with Gasteiger partial charge in [0, 0.05) is 37.9 Å². The Labute approximate surface area is 244 Å². The molecular formula is C34H45FN2O4. The lowest BCUT2D eigenvalue weighted by Crippen LogP contribution is -2.28. The predicted octanol–water partition coefficient (Wildman–Crippen LogP) is 6.81. The molecule has 0 saturated carbocycles. The minimum absolute atomic E-state index is 0.275. The molecule has 0 bridgehead atoms. The van der Waals surface area contributed by atoms with Crippen LogP contribution in [-0.4, -0.2) is 57.5 Å². The van der Waals surface area contributed by atoms with Crippen LogP contribution in [0.2, 0.25) is 0 Å². The van der Waals surface area contributed by atoms with E-state index in [0.717, 1.165) is 50.1 Å². The van der Waals surface area contributed by atoms with Crippen LogP contribution in [0.25, 0.3) is 0 Å². The fourth-order valence-corrected chi connectivity index (χ4v) is 5.87. The van der Waals surface area contributed by atoms with Crippen molar-refractivity contribution in [2.75, 3.05) is 52.4 Å². The van der Waals surface area contributed by atoms with Crippen LogP contribution >= 0.6 is 0 Å². The average Bonchev–Trinajstić information content (AvgIpc) is 2.95. The Morgan fingerprint density at radius 3 is 2.41 bits per heavy atom. The van der Waals surface area contributed by atoms with Crippen LogP contribution in [0.1, 0.15) is 55.4 Å². The van der Waals surface area contributed by atoms with Crippen LogP contribution in [0.5, 0.6) is 23.0 Å². The summed E-state index contributed by atoms with van der Waals surface area (Å²) in [5, 5.41) is 9.94. The number of hydrogen-bond acceptors (Lipinski definition) is 6. The maximum atomic E-state index is 15.1. The van der Waals surface area contributed by atoms with E-state index in [1.54, 1.807) is 32.4 Å². The smallest absolute Gasteiger partial charge is 0.165 e. The van der Waals surface area contributed by atoms with Crippen LogP contribution in [0.3, 0.4) is 0 Å². The first-order valence-electron chi connectivity index (χ1n) is 14.6. The highest BCUT2D eigenvalue weighted by molar-refractivity contribution is 5.64. The first-order chi connectivity index (χ1) is 19.7. The number of hydrogen-bond donors (Lipinski definition) is 1. The minimum Gasteiger partial charge on any atom is -0.508 e.